The number of rotatable bonds is 0. The molecule has 1 N–H and O–H groups in total. The van der Waals surface area contributed by atoms with Crippen LogP contribution in [0.25, 0.3) is 0 Å². The molecule has 0 aliphatic carbocycles. The van der Waals surface area contributed by atoms with Crippen molar-refractivity contribution in [2.24, 2.45) is 10.8 Å². The molecule has 11 heavy (non-hydrogen) atoms. The molecular formula is C10H19N. The van der Waals surface area contributed by atoms with E-state index in [2.05, 4.69) is 39.6 Å². The third kappa shape index (κ3) is 1.48. The van der Waals surface area contributed by atoms with Crippen LogP contribution < -0.4 is 5.32 Å². The zero-order chi connectivity index (χ0) is 8.70. The van der Waals surface area contributed by atoms with E-state index in [0.29, 0.717) is 0 Å². The van der Waals surface area contributed by atoms with Gasteiger partial charge in [0.1, 0.15) is 0 Å². The standard InChI is InChI=1S/C10H19N/c1-8-9(2,3)6-11-7-10(8,4)5/h11H,1,6-7H2,2-5H3. The van der Waals surface area contributed by atoms with E-state index in [0.717, 1.165) is 13.1 Å². The second-order valence-electron chi connectivity index (χ2n) is 4.85. The molecule has 1 aliphatic rings. The van der Waals surface area contributed by atoms with Crippen molar-refractivity contribution in [2.75, 3.05) is 13.1 Å². The van der Waals surface area contributed by atoms with Crippen LogP contribution in [0.4, 0.5) is 0 Å². The predicted molar refractivity (Wildman–Crippen MR) is 49.6 cm³/mol. The summed E-state index contributed by atoms with van der Waals surface area (Å²) in [5.41, 5.74) is 1.91. The fraction of sp³-hybridized carbons (Fsp3) is 0.800. The average Bonchev–Trinajstić information content (AvgIpc) is 1.82. The van der Waals surface area contributed by atoms with Gasteiger partial charge in [-0.3, -0.25) is 0 Å². The van der Waals surface area contributed by atoms with Crippen molar-refractivity contribution >= 4 is 0 Å². The highest BCUT2D eigenvalue weighted by molar-refractivity contribution is 5.20. The fourth-order valence-corrected chi connectivity index (χ4v) is 1.82. The van der Waals surface area contributed by atoms with Gasteiger partial charge in [0.05, 0.1) is 0 Å². The first-order chi connectivity index (χ1) is 4.86. The highest BCUT2D eigenvalue weighted by Gasteiger charge is 2.36. The first-order valence-corrected chi connectivity index (χ1v) is 4.27. The fourth-order valence-electron chi connectivity index (χ4n) is 1.82. The molecule has 0 saturated carbocycles. The summed E-state index contributed by atoms with van der Waals surface area (Å²) in [5, 5.41) is 3.43. The van der Waals surface area contributed by atoms with Crippen molar-refractivity contribution in [3.63, 3.8) is 0 Å². The molecule has 0 atom stereocenters. The minimum atomic E-state index is 0.266. The third-order valence-electron chi connectivity index (χ3n) is 2.77. The smallest absolute Gasteiger partial charge is 0.00403 e. The SMILES string of the molecule is C=C1C(C)(C)CNCC1(C)C. The maximum absolute atomic E-state index is 4.18. The van der Waals surface area contributed by atoms with Gasteiger partial charge in [0.25, 0.3) is 0 Å². The number of hydrogen-bond donors (Lipinski definition) is 1. The minimum absolute atomic E-state index is 0.266. The lowest BCUT2D eigenvalue weighted by Crippen LogP contribution is -2.47. The van der Waals surface area contributed by atoms with Gasteiger partial charge in [0.2, 0.25) is 0 Å². The molecule has 1 saturated heterocycles. The minimum Gasteiger partial charge on any atom is -0.315 e. The molecular weight excluding hydrogens is 134 g/mol. The van der Waals surface area contributed by atoms with Crippen molar-refractivity contribution in [3.8, 4) is 0 Å². The molecule has 0 amide bonds. The molecule has 1 nitrogen and oxygen atoms in total. The lowest BCUT2D eigenvalue weighted by molar-refractivity contribution is 0.238. The van der Waals surface area contributed by atoms with Gasteiger partial charge < -0.3 is 5.32 Å². The van der Waals surface area contributed by atoms with Crippen LogP contribution in [0.2, 0.25) is 0 Å². The molecule has 0 aromatic heterocycles. The monoisotopic (exact) mass is 153 g/mol. The van der Waals surface area contributed by atoms with Gasteiger partial charge in [0, 0.05) is 13.1 Å². The summed E-state index contributed by atoms with van der Waals surface area (Å²) >= 11 is 0. The van der Waals surface area contributed by atoms with Crippen molar-refractivity contribution in [1.82, 2.24) is 5.32 Å². The normalized spacial score (nSPS) is 28.5. The Hall–Kier alpha value is -0.300. The van der Waals surface area contributed by atoms with Gasteiger partial charge in [-0.05, 0) is 10.8 Å². The molecule has 0 aromatic carbocycles. The summed E-state index contributed by atoms with van der Waals surface area (Å²) in [6.45, 7) is 15.3. The Bertz CT molecular complexity index is 159. The molecule has 1 heterocycles. The summed E-state index contributed by atoms with van der Waals surface area (Å²) in [6, 6.07) is 0. The largest absolute Gasteiger partial charge is 0.315 e. The Morgan fingerprint density at radius 3 is 1.73 bits per heavy atom. The van der Waals surface area contributed by atoms with Gasteiger partial charge in [-0.25, -0.2) is 0 Å². The topological polar surface area (TPSA) is 12.0 Å². The van der Waals surface area contributed by atoms with E-state index in [1.807, 2.05) is 0 Å². The van der Waals surface area contributed by atoms with Gasteiger partial charge in [-0.1, -0.05) is 39.8 Å². The molecule has 0 bridgehead atoms. The predicted octanol–water partition coefficient (Wildman–Crippen LogP) is 2.20. The van der Waals surface area contributed by atoms with Gasteiger partial charge in [-0.2, -0.15) is 0 Å². The van der Waals surface area contributed by atoms with Crippen molar-refractivity contribution in [3.05, 3.63) is 12.2 Å². The van der Waals surface area contributed by atoms with Crippen LogP contribution in [0.15, 0.2) is 12.2 Å². The second kappa shape index (κ2) is 2.34. The number of nitrogens with one attached hydrogen (secondary N) is 1. The van der Waals surface area contributed by atoms with Gasteiger partial charge in [-0.15, -0.1) is 0 Å². The maximum atomic E-state index is 4.18. The summed E-state index contributed by atoms with van der Waals surface area (Å²) in [6.07, 6.45) is 0. The van der Waals surface area contributed by atoms with E-state index in [1.54, 1.807) is 0 Å². The average molecular weight is 153 g/mol. The molecule has 0 aromatic rings. The lowest BCUT2D eigenvalue weighted by atomic mass is 9.68. The second-order valence-corrected chi connectivity index (χ2v) is 4.85. The Kier molecular flexibility index (Phi) is 1.87. The van der Waals surface area contributed by atoms with Crippen LogP contribution in [0.1, 0.15) is 27.7 Å². The van der Waals surface area contributed by atoms with Crippen LogP contribution in [-0.2, 0) is 0 Å². The Labute approximate surface area is 69.9 Å². The first-order valence-electron chi connectivity index (χ1n) is 4.27. The van der Waals surface area contributed by atoms with E-state index in [4.69, 9.17) is 0 Å². The molecule has 0 radical (unpaired) electrons. The summed E-state index contributed by atoms with van der Waals surface area (Å²) in [5.74, 6) is 0. The lowest BCUT2D eigenvalue weighted by Gasteiger charge is -2.43. The van der Waals surface area contributed by atoms with E-state index in [-0.39, 0.29) is 10.8 Å². The van der Waals surface area contributed by atoms with Gasteiger partial charge >= 0.3 is 0 Å². The van der Waals surface area contributed by atoms with Crippen LogP contribution in [-0.4, -0.2) is 13.1 Å². The quantitative estimate of drug-likeness (QED) is 0.526. The summed E-state index contributed by atoms with van der Waals surface area (Å²) in [7, 11) is 0. The third-order valence-corrected chi connectivity index (χ3v) is 2.77. The Balaban J connectivity index is 2.85. The molecule has 0 unspecified atom stereocenters. The van der Waals surface area contributed by atoms with Crippen molar-refractivity contribution < 1.29 is 0 Å². The summed E-state index contributed by atoms with van der Waals surface area (Å²) in [4.78, 5) is 0. The van der Waals surface area contributed by atoms with Crippen LogP contribution >= 0.6 is 0 Å². The number of hydrogen-bond acceptors (Lipinski definition) is 1. The van der Waals surface area contributed by atoms with E-state index in [1.165, 1.54) is 5.57 Å². The Morgan fingerprint density at radius 2 is 1.45 bits per heavy atom. The molecule has 64 valence electrons. The van der Waals surface area contributed by atoms with Crippen LogP contribution in [0, 0.1) is 10.8 Å². The van der Waals surface area contributed by atoms with E-state index >= 15 is 0 Å². The van der Waals surface area contributed by atoms with Crippen molar-refractivity contribution in [1.29, 1.82) is 0 Å². The zero-order valence-electron chi connectivity index (χ0n) is 8.12. The van der Waals surface area contributed by atoms with Crippen molar-refractivity contribution in [2.45, 2.75) is 27.7 Å². The zero-order valence-corrected chi connectivity index (χ0v) is 8.12. The van der Waals surface area contributed by atoms with E-state index in [9.17, 15) is 0 Å². The highest BCUT2D eigenvalue weighted by atomic mass is 14.9. The van der Waals surface area contributed by atoms with Crippen LogP contribution in [0.5, 0.6) is 0 Å². The highest BCUT2D eigenvalue weighted by Crippen LogP contribution is 2.40. The maximum Gasteiger partial charge on any atom is 0.00403 e. The van der Waals surface area contributed by atoms with Crippen LogP contribution in [0.3, 0.4) is 0 Å². The molecule has 1 rings (SSSR count). The van der Waals surface area contributed by atoms with E-state index < -0.39 is 0 Å². The van der Waals surface area contributed by atoms with Gasteiger partial charge in [0.15, 0.2) is 0 Å². The number of piperidine rings is 1. The molecule has 0 spiro atoms. The molecule has 1 aliphatic heterocycles. The first kappa shape index (κ1) is 8.79. The Morgan fingerprint density at radius 1 is 1.09 bits per heavy atom. The molecule has 1 fully saturated rings. The molecule has 1 heteroatoms. The summed E-state index contributed by atoms with van der Waals surface area (Å²) < 4.78 is 0.